The van der Waals surface area contributed by atoms with Gasteiger partial charge in [-0.15, -0.1) is 0 Å². The molecule has 2 amide bonds. The second-order valence-electron chi connectivity index (χ2n) is 9.13. The minimum atomic E-state index is -3.71. The summed E-state index contributed by atoms with van der Waals surface area (Å²) < 4.78 is 32.5. The molecule has 0 spiro atoms. The summed E-state index contributed by atoms with van der Waals surface area (Å²) in [5.74, 6) is 0.473. The molecule has 2 aliphatic heterocycles. The number of carbonyl (C=O) groups excluding carboxylic acids is 2. The van der Waals surface area contributed by atoms with Crippen molar-refractivity contribution < 1.29 is 22.7 Å². The smallest absolute Gasteiger partial charge is 0.411 e. The quantitative estimate of drug-likeness (QED) is 0.738. The van der Waals surface area contributed by atoms with E-state index in [-0.39, 0.29) is 23.3 Å². The number of methoxy groups -OCH3 is 1. The lowest BCUT2D eigenvalue weighted by Gasteiger charge is -2.46. The van der Waals surface area contributed by atoms with Crippen molar-refractivity contribution in [2.24, 2.45) is 11.8 Å². The Morgan fingerprint density at radius 3 is 2.41 bits per heavy atom. The molecule has 176 valence electrons. The third kappa shape index (κ3) is 4.78. The van der Waals surface area contributed by atoms with E-state index in [0.29, 0.717) is 30.6 Å². The maximum Gasteiger partial charge on any atom is 0.411 e. The maximum absolute atomic E-state index is 13.4. The van der Waals surface area contributed by atoms with Crippen LogP contribution in [-0.2, 0) is 19.6 Å². The third-order valence-electron chi connectivity index (χ3n) is 7.18. The Morgan fingerprint density at radius 1 is 0.969 bits per heavy atom. The van der Waals surface area contributed by atoms with Crippen molar-refractivity contribution in [2.75, 3.05) is 32.1 Å². The monoisotopic (exact) mass is 463 g/mol. The zero-order chi connectivity index (χ0) is 22.7. The van der Waals surface area contributed by atoms with Crippen LogP contribution in [0.15, 0.2) is 29.2 Å². The van der Waals surface area contributed by atoms with E-state index >= 15 is 0 Å². The molecule has 1 saturated carbocycles. The molecule has 4 rings (SSSR count). The second-order valence-corrected chi connectivity index (χ2v) is 11.1. The predicted molar refractivity (Wildman–Crippen MR) is 121 cm³/mol. The molecule has 0 aromatic heterocycles. The Labute approximate surface area is 190 Å². The number of hydrogen-bond donors (Lipinski definition) is 1. The molecule has 3 fully saturated rings. The number of rotatable bonds is 4. The summed E-state index contributed by atoms with van der Waals surface area (Å²) in [4.78, 5) is 27.0. The zero-order valence-corrected chi connectivity index (χ0v) is 19.5. The van der Waals surface area contributed by atoms with E-state index in [0.717, 1.165) is 25.8 Å². The summed E-state index contributed by atoms with van der Waals surface area (Å²) >= 11 is 0. The van der Waals surface area contributed by atoms with E-state index in [9.17, 15) is 18.0 Å². The standard InChI is InChI=1S/C23H33N3O5S/c1-31-23(28)24-19-10-12-20(13-11-19)32(29,30)25-14-4-8-18(16-25)22(27)26-15-5-7-17-6-2-3-9-21(17)26/h10-13,17-18,21H,2-9,14-16H2,1H3,(H,24,28). The Morgan fingerprint density at radius 2 is 1.66 bits per heavy atom. The van der Waals surface area contributed by atoms with Crippen molar-refractivity contribution in [1.29, 1.82) is 0 Å². The molecular weight excluding hydrogens is 430 g/mol. The molecule has 0 bridgehead atoms. The lowest BCUT2D eigenvalue weighted by atomic mass is 9.77. The fourth-order valence-electron chi connectivity index (χ4n) is 5.52. The van der Waals surface area contributed by atoms with Crippen molar-refractivity contribution in [3.63, 3.8) is 0 Å². The number of anilines is 1. The molecule has 3 aliphatic rings. The van der Waals surface area contributed by atoms with Crippen LogP contribution in [0.4, 0.5) is 10.5 Å². The van der Waals surface area contributed by atoms with Crippen LogP contribution >= 0.6 is 0 Å². The first kappa shape index (κ1) is 23.0. The highest BCUT2D eigenvalue weighted by Crippen LogP contribution is 2.37. The summed E-state index contributed by atoms with van der Waals surface area (Å²) in [6.45, 7) is 1.45. The van der Waals surface area contributed by atoms with Gasteiger partial charge in [0.25, 0.3) is 0 Å². The Bertz CT molecular complexity index is 931. The number of piperidine rings is 2. The average Bonchev–Trinajstić information content (AvgIpc) is 2.83. The fraction of sp³-hybridized carbons (Fsp3) is 0.652. The Kier molecular flexibility index (Phi) is 7.05. The molecule has 0 radical (unpaired) electrons. The second kappa shape index (κ2) is 9.79. The van der Waals surface area contributed by atoms with Gasteiger partial charge in [0, 0.05) is 31.4 Å². The van der Waals surface area contributed by atoms with Gasteiger partial charge in [-0.2, -0.15) is 4.31 Å². The van der Waals surface area contributed by atoms with Gasteiger partial charge in [0.15, 0.2) is 0 Å². The summed E-state index contributed by atoms with van der Waals surface area (Å²) in [6.07, 6.45) is 7.78. The Balaban J connectivity index is 1.44. The summed E-state index contributed by atoms with van der Waals surface area (Å²) in [5.41, 5.74) is 0.453. The van der Waals surface area contributed by atoms with Crippen LogP contribution in [0.1, 0.15) is 51.4 Å². The predicted octanol–water partition coefficient (Wildman–Crippen LogP) is 3.45. The molecule has 3 atom stereocenters. The number of benzene rings is 1. The van der Waals surface area contributed by atoms with Gasteiger partial charge in [-0.25, -0.2) is 13.2 Å². The van der Waals surface area contributed by atoms with Crippen molar-refractivity contribution in [3.8, 4) is 0 Å². The first-order chi connectivity index (χ1) is 15.4. The van der Waals surface area contributed by atoms with E-state index in [1.807, 2.05) is 0 Å². The van der Waals surface area contributed by atoms with E-state index in [4.69, 9.17) is 0 Å². The van der Waals surface area contributed by atoms with Gasteiger partial charge < -0.3 is 9.64 Å². The van der Waals surface area contributed by atoms with E-state index in [1.165, 1.54) is 61.4 Å². The van der Waals surface area contributed by atoms with Crippen LogP contribution in [-0.4, -0.2) is 62.4 Å². The van der Waals surface area contributed by atoms with Crippen LogP contribution < -0.4 is 5.32 Å². The zero-order valence-electron chi connectivity index (χ0n) is 18.7. The molecule has 8 nitrogen and oxygen atoms in total. The normalized spacial score (nSPS) is 26.8. The topological polar surface area (TPSA) is 96.0 Å². The summed E-state index contributed by atoms with van der Waals surface area (Å²) in [7, 11) is -2.45. The maximum atomic E-state index is 13.4. The van der Waals surface area contributed by atoms with Gasteiger partial charge >= 0.3 is 6.09 Å². The number of ether oxygens (including phenoxy) is 1. The molecule has 1 aromatic carbocycles. The molecule has 9 heteroatoms. The molecule has 32 heavy (non-hydrogen) atoms. The van der Waals surface area contributed by atoms with Crippen molar-refractivity contribution in [2.45, 2.75) is 62.3 Å². The first-order valence-corrected chi connectivity index (χ1v) is 13.1. The average molecular weight is 464 g/mol. The highest BCUT2D eigenvalue weighted by Gasteiger charge is 2.40. The van der Waals surface area contributed by atoms with Crippen LogP contribution in [0, 0.1) is 11.8 Å². The molecule has 3 unspecified atom stereocenters. The lowest BCUT2D eigenvalue weighted by molar-refractivity contribution is -0.143. The number of fused-ring (bicyclic) bond motifs is 1. The number of nitrogens with one attached hydrogen (secondary N) is 1. The van der Waals surface area contributed by atoms with Crippen molar-refractivity contribution in [3.05, 3.63) is 24.3 Å². The lowest BCUT2D eigenvalue weighted by Crippen LogP contribution is -2.54. The highest BCUT2D eigenvalue weighted by molar-refractivity contribution is 7.89. The number of nitrogens with zero attached hydrogens (tertiary/aromatic N) is 2. The number of sulfonamides is 1. The van der Waals surface area contributed by atoms with E-state index in [1.54, 1.807) is 0 Å². The highest BCUT2D eigenvalue weighted by atomic mass is 32.2. The number of likely N-dealkylation sites (tertiary alicyclic amines) is 1. The molecule has 1 aliphatic carbocycles. The minimum absolute atomic E-state index is 0.138. The minimum Gasteiger partial charge on any atom is -0.453 e. The molecule has 1 aromatic rings. The van der Waals surface area contributed by atoms with Gasteiger partial charge in [-0.3, -0.25) is 10.1 Å². The van der Waals surface area contributed by atoms with Gasteiger partial charge in [-0.05, 0) is 68.7 Å². The number of amides is 2. The first-order valence-electron chi connectivity index (χ1n) is 11.7. The van der Waals surface area contributed by atoms with E-state index < -0.39 is 16.1 Å². The summed E-state index contributed by atoms with van der Waals surface area (Å²) in [6, 6.07) is 6.36. The van der Waals surface area contributed by atoms with Gasteiger partial charge in [-0.1, -0.05) is 12.8 Å². The van der Waals surface area contributed by atoms with E-state index in [2.05, 4.69) is 15.0 Å². The van der Waals surface area contributed by atoms with Crippen LogP contribution in [0.5, 0.6) is 0 Å². The van der Waals surface area contributed by atoms with Gasteiger partial charge in [0.1, 0.15) is 0 Å². The van der Waals surface area contributed by atoms with Crippen LogP contribution in [0.3, 0.4) is 0 Å². The number of carbonyl (C=O) groups is 2. The fourth-order valence-corrected chi connectivity index (χ4v) is 7.05. The number of hydrogen-bond acceptors (Lipinski definition) is 5. The third-order valence-corrected chi connectivity index (χ3v) is 9.06. The molecule has 2 saturated heterocycles. The largest absolute Gasteiger partial charge is 0.453 e. The SMILES string of the molecule is COC(=O)Nc1ccc(S(=O)(=O)N2CCCC(C(=O)N3CCCC4CCCCC43)C2)cc1. The van der Waals surface area contributed by atoms with Crippen molar-refractivity contribution in [1.82, 2.24) is 9.21 Å². The molecular formula is C23H33N3O5S. The van der Waals surface area contributed by atoms with Crippen molar-refractivity contribution >= 4 is 27.7 Å². The van der Waals surface area contributed by atoms with Crippen LogP contribution in [0.2, 0.25) is 0 Å². The molecule has 2 heterocycles. The summed E-state index contributed by atoms with van der Waals surface area (Å²) in [5, 5.41) is 2.51. The van der Waals surface area contributed by atoms with Crippen LogP contribution in [0.25, 0.3) is 0 Å². The van der Waals surface area contributed by atoms with Gasteiger partial charge in [0.2, 0.25) is 15.9 Å². The Hall–Kier alpha value is -2.13. The van der Waals surface area contributed by atoms with Gasteiger partial charge in [0.05, 0.1) is 17.9 Å². The molecule has 1 N–H and O–H groups in total.